The zero-order valence-corrected chi connectivity index (χ0v) is 18.9. The number of guanidine groups is 1. The Hall–Kier alpha value is -2.34. The van der Waals surface area contributed by atoms with Crippen LogP contribution in [0.25, 0.3) is 0 Å². The molecule has 2 aromatic rings. The van der Waals surface area contributed by atoms with E-state index in [1.807, 2.05) is 26.4 Å². The van der Waals surface area contributed by atoms with Gasteiger partial charge in [-0.3, -0.25) is 9.89 Å². The maximum Gasteiger partial charge on any atom is 0.191 e. The van der Waals surface area contributed by atoms with Crippen molar-refractivity contribution in [2.45, 2.75) is 66.2 Å². The van der Waals surface area contributed by atoms with Crippen LogP contribution in [-0.4, -0.2) is 52.6 Å². The van der Waals surface area contributed by atoms with Crippen LogP contribution in [0, 0.1) is 6.92 Å². The first-order valence-electron chi connectivity index (χ1n) is 10.7. The van der Waals surface area contributed by atoms with Gasteiger partial charge in [0.15, 0.2) is 5.96 Å². The fraction of sp³-hybridized carbons (Fsp3) is 0.565. The van der Waals surface area contributed by atoms with E-state index in [-0.39, 0.29) is 0 Å². The molecule has 6 nitrogen and oxygen atoms in total. The Morgan fingerprint density at radius 2 is 1.86 bits per heavy atom. The third-order valence-corrected chi connectivity index (χ3v) is 5.16. The zero-order chi connectivity index (χ0) is 21.2. The summed E-state index contributed by atoms with van der Waals surface area (Å²) in [7, 11) is 1.82. The minimum Gasteiger partial charge on any atom is -0.356 e. The fourth-order valence-corrected chi connectivity index (χ4v) is 3.59. The van der Waals surface area contributed by atoms with E-state index in [1.54, 1.807) is 0 Å². The summed E-state index contributed by atoms with van der Waals surface area (Å²) in [5.41, 5.74) is 2.52. The van der Waals surface area contributed by atoms with Crippen molar-refractivity contribution in [3.8, 4) is 0 Å². The summed E-state index contributed by atoms with van der Waals surface area (Å²) in [6, 6.07) is 9.81. The molecule has 0 fully saturated rings. The molecule has 0 amide bonds. The van der Waals surface area contributed by atoms with Crippen molar-refractivity contribution in [1.82, 2.24) is 25.1 Å². The second-order valence-corrected chi connectivity index (χ2v) is 8.05. The number of rotatable bonds is 10. The molecule has 0 aliphatic rings. The molecule has 6 heteroatoms. The second-order valence-electron chi connectivity index (χ2n) is 8.05. The number of benzene rings is 1. The van der Waals surface area contributed by atoms with E-state index in [0.29, 0.717) is 12.1 Å². The molecule has 160 valence electrons. The summed E-state index contributed by atoms with van der Waals surface area (Å²) in [6.45, 7) is 14.7. The van der Waals surface area contributed by atoms with E-state index in [2.05, 4.69) is 82.0 Å². The van der Waals surface area contributed by atoms with Gasteiger partial charge in [-0.1, -0.05) is 24.3 Å². The van der Waals surface area contributed by atoms with Gasteiger partial charge in [0.25, 0.3) is 0 Å². The molecule has 0 spiro atoms. The third kappa shape index (κ3) is 7.54. The number of nitrogens with one attached hydrogen (secondary N) is 2. The molecule has 0 aliphatic heterocycles. The van der Waals surface area contributed by atoms with E-state index in [4.69, 9.17) is 0 Å². The molecule has 1 aromatic carbocycles. The SMILES string of the molecule is CN=C(NCCCN(C(C)C)C(C)C)NCc1cccc(Cn2ccnc2C)c1. The maximum atomic E-state index is 4.35. The van der Waals surface area contributed by atoms with Crippen LogP contribution in [0.5, 0.6) is 0 Å². The molecule has 0 aliphatic carbocycles. The summed E-state index contributed by atoms with van der Waals surface area (Å²) in [5, 5.41) is 6.85. The van der Waals surface area contributed by atoms with Gasteiger partial charge < -0.3 is 15.2 Å². The van der Waals surface area contributed by atoms with Crippen molar-refractivity contribution in [2.24, 2.45) is 4.99 Å². The van der Waals surface area contributed by atoms with Gasteiger partial charge in [0.1, 0.15) is 5.82 Å². The molecule has 2 N–H and O–H groups in total. The summed E-state index contributed by atoms with van der Waals surface area (Å²) in [4.78, 5) is 11.2. The Kier molecular flexibility index (Phi) is 9.19. The van der Waals surface area contributed by atoms with Crippen LogP contribution in [0.4, 0.5) is 0 Å². The minimum absolute atomic E-state index is 0.575. The normalized spacial score (nSPS) is 12.2. The standard InChI is InChI=1S/C23H38N6/c1-18(2)29(19(3)4)13-8-11-26-23(24-6)27-16-21-9-7-10-22(15-21)17-28-14-12-25-20(28)5/h7,9-10,12,14-15,18-19H,8,11,13,16-17H2,1-6H3,(H2,24,26,27). The molecular weight excluding hydrogens is 360 g/mol. The van der Waals surface area contributed by atoms with Crippen molar-refractivity contribution in [1.29, 1.82) is 0 Å². The summed E-state index contributed by atoms with van der Waals surface area (Å²) in [6.07, 6.45) is 4.96. The van der Waals surface area contributed by atoms with Crippen LogP contribution in [0.15, 0.2) is 41.7 Å². The second kappa shape index (κ2) is 11.6. The predicted octanol–water partition coefficient (Wildman–Crippen LogP) is 3.41. The Morgan fingerprint density at radius 1 is 1.14 bits per heavy atom. The van der Waals surface area contributed by atoms with Gasteiger partial charge in [0, 0.05) is 57.7 Å². The molecule has 0 radical (unpaired) electrons. The number of aryl methyl sites for hydroxylation is 1. The molecule has 0 saturated carbocycles. The van der Waals surface area contributed by atoms with Crippen LogP contribution < -0.4 is 10.6 Å². The highest BCUT2D eigenvalue weighted by atomic mass is 15.2. The van der Waals surface area contributed by atoms with Gasteiger partial charge in [-0.15, -0.1) is 0 Å². The number of aromatic nitrogens is 2. The predicted molar refractivity (Wildman–Crippen MR) is 122 cm³/mol. The van der Waals surface area contributed by atoms with Gasteiger partial charge in [0.05, 0.1) is 0 Å². The first-order valence-corrected chi connectivity index (χ1v) is 10.7. The van der Waals surface area contributed by atoms with Crippen LogP contribution in [-0.2, 0) is 13.1 Å². The average Bonchev–Trinajstić information content (AvgIpc) is 3.08. The Morgan fingerprint density at radius 3 is 2.48 bits per heavy atom. The van der Waals surface area contributed by atoms with Crippen LogP contribution in [0.1, 0.15) is 51.1 Å². The maximum absolute atomic E-state index is 4.35. The largest absolute Gasteiger partial charge is 0.356 e. The lowest BCUT2D eigenvalue weighted by Gasteiger charge is -2.30. The Balaban J connectivity index is 1.79. The topological polar surface area (TPSA) is 57.5 Å². The quantitative estimate of drug-likeness (QED) is 0.366. The molecule has 1 heterocycles. The molecule has 1 aromatic heterocycles. The van der Waals surface area contributed by atoms with Crippen molar-refractivity contribution >= 4 is 5.96 Å². The average molecular weight is 399 g/mol. The minimum atomic E-state index is 0.575. The summed E-state index contributed by atoms with van der Waals surface area (Å²) in [5.74, 6) is 1.88. The monoisotopic (exact) mass is 398 g/mol. The van der Waals surface area contributed by atoms with Crippen molar-refractivity contribution in [3.05, 3.63) is 53.6 Å². The first-order chi connectivity index (χ1) is 13.9. The van der Waals surface area contributed by atoms with Gasteiger partial charge in [-0.05, 0) is 52.2 Å². The Bertz CT molecular complexity index is 754. The van der Waals surface area contributed by atoms with E-state index in [0.717, 1.165) is 44.4 Å². The molecule has 0 unspecified atom stereocenters. The smallest absolute Gasteiger partial charge is 0.191 e. The lowest BCUT2D eigenvalue weighted by atomic mass is 10.1. The van der Waals surface area contributed by atoms with Crippen molar-refractivity contribution in [3.63, 3.8) is 0 Å². The van der Waals surface area contributed by atoms with E-state index in [9.17, 15) is 0 Å². The van der Waals surface area contributed by atoms with Crippen molar-refractivity contribution in [2.75, 3.05) is 20.1 Å². The summed E-state index contributed by atoms with van der Waals surface area (Å²) < 4.78 is 2.16. The fourth-order valence-electron chi connectivity index (χ4n) is 3.59. The third-order valence-electron chi connectivity index (χ3n) is 5.16. The van der Waals surface area contributed by atoms with E-state index in [1.165, 1.54) is 11.1 Å². The van der Waals surface area contributed by atoms with Gasteiger partial charge in [-0.2, -0.15) is 0 Å². The Labute approximate surface area is 176 Å². The van der Waals surface area contributed by atoms with Crippen LogP contribution in [0.2, 0.25) is 0 Å². The molecule has 0 saturated heterocycles. The highest BCUT2D eigenvalue weighted by Gasteiger charge is 2.12. The van der Waals surface area contributed by atoms with Gasteiger partial charge in [-0.25, -0.2) is 4.98 Å². The molecule has 29 heavy (non-hydrogen) atoms. The molecule has 0 bridgehead atoms. The number of imidazole rings is 1. The first kappa shape index (κ1) is 22.9. The summed E-state index contributed by atoms with van der Waals surface area (Å²) >= 11 is 0. The lowest BCUT2D eigenvalue weighted by molar-refractivity contribution is 0.173. The van der Waals surface area contributed by atoms with E-state index >= 15 is 0 Å². The number of aliphatic imine (C=N–C) groups is 1. The molecular formula is C23H38N6. The van der Waals surface area contributed by atoms with Gasteiger partial charge >= 0.3 is 0 Å². The zero-order valence-electron chi connectivity index (χ0n) is 18.9. The van der Waals surface area contributed by atoms with Crippen LogP contribution >= 0.6 is 0 Å². The van der Waals surface area contributed by atoms with Crippen molar-refractivity contribution < 1.29 is 0 Å². The van der Waals surface area contributed by atoms with Crippen LogP contribution in [0.3, 0.4) is 0 Å². The number of hydrogen-bond acceptors (Lipinski definition) is 3. The molecule has 0 atom stereocenters. The van der Waals surface area contributed by atoms with E-state index < -0.39 is 0 Å². The highest BCUT2D eigenvalue weighted by Crippen LogP contribution is 2.09. The van der Waals surface area contributed by atoms with Gasteiger partial charge in [0.2, 0.25) is 0 Å². The molecule has 2 rings (SSSR count). The number of nitrogens with zero attached hydrogens (tertiary/aromatic N) is 4. The highest BCUT2D eigenvalue weighted by molar-refractivity contribution is 5.79. The lowest BCUT2D eigenvalue weighted by Crippen LogP contribution is -2.41. The number of hydrogen-bond donors (Lipinski definition) is 2.